The molecule has 2 amide bonds. The molecule has 0 N–H and O–H groups in total. The summed E-state index contributed by atoms with van der Waals surface area (Å²) in [7, 11) is 0. The molecule has 1 aromatic heterocycles. The van der Waals surface area contributed by atoms with Gasteiger partial charge in [-0.05, 0) is 37.8 Å². The van der Waals surface area contributed by atoms with Crippen molar-refractivity contribution in [2.45, 2.75) is 45.6 Å². The van der Waals surface area contributed by atoms with Gasteiger partial charge >= 0.3 is 0 Å². The number of anilines is 1. The third-order valence-electron chi connectivity index (χ3n) is 5.40. The summed E-state index contributed by atoms with van der Waals surface area (Å²) in [6.07, 6.45) is 6.57. The molecular weight excluding hydrogens is 316 g/mol. The summed E-state index contributed by atoms with van der Waals surface area (Å²) in [4.78, 5) is 34.6. The number of piperazine rings is 1. The molecule has 3 heterocycles. The van der Waals surface area contributed by atoms with Gasteiger partial charge in [0, 0.05) is 57.6 Å². The van der Waals surface area contributed by atoms with Crippen molar-refractivity contribution < 1.29 is 9.59 Å². The predicted molar refractivity (Wildman–Crippen MR) is 97.7 cm³/mol. The van der Waals surface area contributed by atoms with E-state index in [1.165, 1.54) is 19.3 Å². The van der Waals surface area contributed by atoms with Gasteiger partial charge in [-0.1, -0.05) is 6.92 Å². The van der Waals surface area contributed by atoms with E-state index in [0.29, 0.717) is 37.9 Å². The van der Waals surface area contributed by atoms with Gasteiger partial charge in [-0.25, -0.2) is 0 Å². The lowest BCUT2D eigenvalue weighted by molar-refractivity contribution is -0.130. The molecule has 6 nitrogen and oxygen atoms in total. The second-order valence-corrected chi connectivity index (χ2v) is 6.95. The molecule has 0 saturated carbocycles. The molecule has 1 unspecified atom stereocenters. The van der Waals surface area contributed by atoms with Crippen LogP contribution in [0.3, 0.4) is 0 Å². The Balaban J connectivity index is 1.71. The zero-order valence-electron chi connectivity index (χ0n) is 15.3. The maximum absolute atomic E-state index is 12.8. The third-order valence-corrected chi connectivity index (χ3v) is 5.40. The van der Waals surface area contributed by atoms with E-state index in [1.807, 2.05) is 12.1 Å². The minimum absolute atomic E-state index is 0.0323. The summed E-state index contributed by atoms with van der Waals surface area (Å²) >= 11 is 0. The second kappa shape index (κ2) is 7.85. The average molecular weight is 344 g/mol. The lowest BCUT2D eigenvalue weighted by Crippen LogP contribution is -2.50. The van der Waals surface area contributed by atoms with Gasteiger partial charge in [0.05, 0.1) is 0 Å². The van der Waals surface area contributed by atoms with Crippen molar-refractivity contribution in [2.24, 2.45) is 0 Å². The Hall–Kier alpha value is -2.11. The smallest absolute Gasteiger partial charge is 0.272 e. The molecule has 2 saturated heterocycles. The van der Waals surface area contributed by atoms with Crippen LogP contribution >= 0.6 is 0 Å². The first-order valence-corrected chi connectivity index (χ1v) is 9.37. The second-order valence-electron chi connectivity index (χ2n) is 6.95. The number of aromatic nitrogens is 1. The number of nitrogens with zero attached hydrogens (tertiary/aromatic N) is 4. The minimum Gasteiger partial charge on any atom is -0.368 e. The molecule has 25 heavy (non-hydrogen) atoms. The van der Waals surface area contributed by atoms with Crippen LogP contribution in [-0.2, 0) is 4.79 Å². The van der Waals surface area contributed by atoms with Gasteiger partial charge in [-0.3, -0.25) is 14.6 Å². The zero-order chi connectivity index (χ0) is 17.8. The van der Waals surface area contributed by atoms with Gasteiger partial charge in [0.25, 0.3) is 5.91 Å². The number of pyridine rings is 1. The Morgan fingerprint density at radius 3 is 2.52 bits per heavy atom. The van der Waals surface area contributed by atoms with E-state index in [1.54, 1.807) is 22.9 Å². The lowest BCUT2D eigenvalue weighted by Gasteiger charge is -2.37. The fourth-order valence-electron chi connectivity index (χ4n) is 3.87. The van der Waals surface area contributed by atoms with Gasteiger partial charge in [-0.15, -0.1) is 0 Å². The Morgan fingerprint density at radius 1 is 1.12 bits per heavy atom. The fourth-order valence-corrected chi connectivity index (χ4v) is 3.87. The Kier molecular flexibility index (Phi) is 5.56. The Bertz CT molecular complexity index is 626. The number of rotatable bonds is 3. The van der Waals surface area contributed by atoms with Gasteiger partial charge < -0.3 is 14.7 Å². The molecule has 6 heteroatoms. The molecule has 1 atom stereocenters. The maximum Gasteiger partial charge on any atom is 0.272 e. The molecule has 0 spiro atoms. The summed E-state index contributed by atoms with van der Waals surface area (Å²) in [5, 5.41) is 0. The molecule has 2 fully saturated rings. The van der Waals surface area contributed by atoms with Crippen LogP contribution < -0.4 is 4.90 Å². The number of amides is 2. The number of piperidine rings is 1. The number of hydrogen-bond acceptors (Lipinski definition) is 4. The van der Waals surface area contributed by atoms with E-state index in [9.17, 15) is 9.59 Å². The lowest BCUT2D eigenvalue weighted by atomic mass is 9.99. The molecular formula is C19H28N4O2. The van der Waals surface area contributed by atoms with Crippen LogP contribution in [0.4, 0.5) is 5.69 Å². The van der Waals surface area contributed by atoms with Crippen molar-refractivity contribution in [1.29, 1.82) is 0 Å². The monoisotopic (exact) mass is 344 g/mol. The molecule has 1 aromatic rings. The first-order valence-electron chi connectivity index (χ1n) is 9.37. The predicted octanol–water partition coefficient (Wildman–Crippen LogP) is 2.15. The van der Waals surface area contributed by atoms with Gasteiger partial charge in [0.15, 0.2) is 0 Å². The SMILES string of the molecule is CCC1CCCCN1c1ccnc(C(=O)N2CCN(C(C)=O)CC2)c1. The van der Waals surface area contributed by atoms with E-state index in [2.05, 4.69) is 16.8 Å². The normalized spacial score (nSPS) is 21.4. The van der Waals surface area contributed by atoms with Crippen LogP contribution in [0.2, 0.25) is 0 Å². The van der Waals surface area contributed by atoms with Gasteiger partial charge in [0.1, 0.15) is 5.69 Å². The van der Waals surface area contributed by atoms with E-state index >= 15 is 0 Å². The highest BCUT2D eigenvalue weighted by Gasteiger charge is 2.26. The van der Waals surface area contributed by atoms with Crippen LogP contribution in [0.5, 0.6) is 0 Å². The van der Waals surface area contributed by atoms with E-state index in [0.717, 1.165) is 18.7 Å². The Morgan fingerprint density at radius 2 is 1.84 bits per heavy atom. The van der Waals surface area contributed by atoms with Crippen LogP contribution in [0.15, 0.2) is 18.3 Å². The highest BCUT2D eigenvalue weighted by Crippen LogP contribution is 2.26. The molecule has 2 aliphatic heterocycles. The number of carbonyl (C=O) groups excluding carboxylic acids is 2. The highest BCUT2D eigenvalue weighted by atomic mass is 16.2. The maximum atomic E-state index is 12.8. The quantitative estimate of drug-likeness (QED) is 0.843. The summed E-state index contributed by atoms with van der Waals surface area (Å²) in [6.45, 7) is 7.20. The number of hydrogen-bond donors (Lipinski definition) is 0. The standard InChI is InChI=1S/C19H28N4O2/c1-3-16-6-4-5-9-23(16)17-7-8-20-18(14-17)19(25)22-12-10-21(11-13-22)15(2)24/h7-8,14,16H,3-6,9-13H2,1-2H3. The summed E-state index contributed by atoms with van der Waals surface area (Å²) in [5.74, 6) is 0.0398. The summed E-state index contributed by atoms with van der Waals surface area (Å²) < 4.78 is 0. The van der Waals surface area contributed by atoms with Crippen LogP contribution in [-0.4, -0.2) is 65.4 Å². The van der Waals surface area contributed by atoms with E-state index in [4.69, 9.17) is 0 Å². The average Bonchev–Trinajstić information content (AvgIpc) is 2.67. The molecule has 0 aliphatic carbocycles. The van der Waals surface area contributed by atoms with Crippen LogP contribution in [0.1, 0.15) is 50.0 Å². The number of carbonyl (C=O) groups is 2. The van der Waals surface area contributed by atoms with Crippen molar-refractivity contribution in [2.75, 3.05) is 37.6 Å². The molecule has 3 rings (SSSR count). The molecule has 136 valence electrons. The van der Waals surface area contributed by atoms with Crippen molar-refractivity contribution in [3.05, 3.63) is 24.0 Å². The van der Waals surface area contributed by atoms with Crippen molar-refractivity contribution in [3.8, 4) is 0 Å². The van der Waals surface area contributed by atoms with Gasteiger partial charge in [0.2, 0.25) is 5.91 Å². The summed E-state index contributed by atoms with van der Waals surface area (Å²) in [5.41, 5.74) is 1.61. The van der Waals surface area contributed by atoms with Crippen molar-refractivity contribution >= 4 is 17.5 Å². The largest absolute Gasteiger partial charge is 0.368 e. The topological polar surface area (TPSA) is 56.8 Å². The van der Waals surface area contributed by atoms with Crippen LogP contribution in [0.25, 0.3) is 0 Å². The van der Waals surface area contributed by atoms with Crippen molar-refractivity contribution in [1.82, 2.24) is 14.8 Å². The van der Waals surface area contributed by atoms with Crippen LogP contribution in [0, 0.1) is 0 Å². The van der Waals surface area contributed by atoms with E-state index < -0.39 is 0 Å². The Labute approximate surface area is 149 Å². The highest BCUT2D eigenvalue weighted by molar-refractivity contribution is 5.93. The molecule has 0 aromatic carbocycles. The minimum atomic E-state index is -0.0323. The molecule has 2 aliphatic rings. The first-order chi connectivity index (χ1) is 12.1. The molecule has 0 radical (unpaired) electrons. The fraction of sp³-hybridized carbons (Fsp3) is 0.632. The first kappa shape index (κ1) is 17.7. The third kappa shape index (κ3) is 3.94. The zero-order valence-corrected chi connectivity index (χ0v) is 15.3. The summed E-state index contributed by atoms with van der Waals surface area (Å²) in [6, 6.07) is 4.50. The van der Waals surface area contributed by atoms with Gasteiger partial charge in [-0.2, -0.15) is 0 Å². The van der Waals surface area contributed by atoms with Crippen molar-refractivity contribution in [3.63, 3.8) is 0 Å². The molecule has 0 bridgehead atoms. The van der Waals surface area contributed by atoms with E-state index in [-0.39, 0.29) is 11.8 Å².